The fourth-order valence-corrected chi connectivity index (χ4v) is 3.40. The summed E-state index contributed by atoms with van der Waals surface area (Å²) >= 11 is 9.05. The summed E-state index contributed by atoms with van der Waals surface area (Å²) < 4.78 is 13.4. The van der Waals surface area contributed by atoms with Gasteiger partial charge in [0.2, 0.25) is 0 Å². The molecule has 0 aliphatic carbocycles. The van der Waals surface area contributed by atoms with Crippen LogP contribution < -0.4 is 0 Å². The van der Waals surface area contributed by atoms with Gasteiger partial charge in [-0.3, -0.25) is 4.79 Å². The number of nitrogens with zero attached hydrogens (tertiary/aromatic N) is 1. The first kappa shape index (κ1) is 13.8. The quantitative estimate of drug-likeness (QED) is 0.755. The van der Waals surface area contributed by atoms with Gasteiger partial charge in [0, 0.05) is 23.5 Å². The van der Waals surface area contributed by atoms with E-state index in [1.165, 1.54) is 12.1 Å². The SMILES string of the molecule is CC1CCN(C(=O)c2ccc(Cl)c(F)c2)C1CBr. The van der Waals surface area contributed by atoms with Crippen LogP contribution in [0.15, 0.2) is 18.2 Å². The lowest BCUT2D eigenvalue weighted by atomic mass is 10.0. The van der Waals surface area contributed by atoms with Gasteiger partial charge in [-0.25, -0.2) is 4.39 Å². The van der Waals surface area contributed by atoms with E-state index in [2.05, 4.69) is 22.9 Å². The first-order valence-electron chi connectivity index (χ1n) is 5.86. The van der Waals surface area contributed by atoms with Crippen LogP contribution in [0.2, 0.25) is 5.02 Å². The summed E-state index contributed by atoms with van der Waals surface area (Å²) in [5, 5.41) is 0.786. The highest BCUT2D eigenvalue weighted by Crippen LogP contribution is 2.27. The molecule has 1 amide bonds. The summed E-state index contributed by atoms with van der Waals surface area (Å²) in [5.41, 5.74) is 0.358. The van der Waals surface area contributed by atoms with E-state index in [4.69, 9.17) is 11.6 Å². The molecule has 2 nitrogen and oxygen atoms in total. The lowest BCUT2D eigenvalue weighted by Gasteiger charge is -2.25. The Balaban J connectivity index is 2.23. The topological polar surface area (TPSA) is 20.3 Å². The number of alkyl halides is 1. The molecular weight excluding hydrogens is 321 g/mol. The van der Waals surface area contributed by atoms with Crippen LogP contribution in [0, 0.1) is 11.7 Å². The number of halogens is 3. The smallest absolute Gasteiger partial charge is 0.254 e. The molecule has 1 heterocycles. The predicted molar refractivity (Wildman–Crippen MR) is 73.8 cm³/mol. The molecule has 2 unspecified atom stereocenters. The Bertz CT molecular complexity index is 468. The molecule has 0 aromatic heterocycles. The summed E-state index contributed by atoms with van der Waals surface area (Å²) in [7, 11) is 0. The predicted octanol–water partition coefficient (Wildman–Crippen LogP) is 3.72. The standard InChI is InChI=1S/C13H14BrClFNO/c1-8-4-5-17(12(8)7-14)13(18)9-2-3-10(15)11(16)6-9/h2-3,6,8,12H,4-5,7H2,1H3. The molecule has 1 aromatic rings. The van der Waals surface area contributed by atoms with Gasteiger partial charge >= 0.3 is 0 Å². The maximum absolute atomic E-state index is 13.4. The number of rotatable bonds is 2. The molecule has 0 bridgehead atoms. The molecule has 1 aliphatic heterocycles. The molecule has 0 N–H and O–H groups in total. The number of benzene rings is 1. The van der Waals surface area contributed by atoms with Crippen molar-refractivity contribution in [1.29, 1.82) is 0 Å². The Morgan fingerprint density at radius 1 is 1.61 bits per heavy atom. The average Bonchev–Trinajstić information content (AvgIpc) is 2.73. The second-order valence-corrected chi connectivity index (χ2v) is 5.67. The lowest BCUT2D eigenvalue weighted by molar-refractivity contribution is 0.0738. The van der Waals surface area contributed by atoms with Crippen LogP contribution in [0.3, 0.4) is 0 Å². The van der Waals surface area contributed by atoms with E-state index in [9.17, 15) is 9.18 Å². The fraction of sp³-hybridized carbons (Fsp3) is 0.462. The zero-order valence-electron chi connectivity index (χ0n) is 10.00. The molecule has 5 heteroatoms. The van der Waals surface area contributed by atoms with Crippen molar-refractivity contribution in [3.8, 4) is 0 Å². The number of hydrogen-bond acceptors (Lipinski definition) is 1. The third kappa shape index (κ3) is 2.54. The van der Waals surface area contributed by atoms with Crippen molar-refractivity contribution < 1.29 is 9.18 Å². The van der Waals surface area contributed by atoms with Gasteiger partial charge in [0.1, 0.15) is 5.82 Å². The molecule has 98 valence electrons. The van der Waals surface area contributed by atoms with Gasteiger partial charge in [-0.2, -0.15) is 0 Å². The van der Waals surface area contributed by atoms with Crippen molar-refractivity contribution >= 4 is 33.4 Å². The summed E-state index contributed by atoms with van der Waals surface area (Å²) in [4.78, 5) is 14.1. The van der Waals surface area contributed by atoms with Gasteiger partial charge in [-0.1, -0.05) is 34.5 Å². The van der Waals surface area contributed by atoms with Gasteiger partial charge in [0.05, 0.1) is 5.02 Å². The number of hydrogen-bond donors (Lipinski definition) is 0. The summed E-state index contributed by atoms with van der Waals surface area (Å²) in [5.74, 6) is -0.213. The number of amides is 1. The minimum absolute atomic E-state index is 0.0402. The maximum Gasteiger partial charge on any atom is 0.254 e. The van der Waals surface area contributed by atoms with Crippen LogP contribution in [0.5, 0.6) is 0 Å². The molecule has 0 saturated carbocycles. The summed E-state index contributed by atoms with van der Waals surface area (Å²) in [6.45, 7) is 2.85. The van der Waals surface area contributed by atoms with Crippen LogP contribution in [0.1, 0.15) is 23.7 Å². The average molecular weight is 335 g/mol. The van der Waals surface area contributed by atoms with Gasteiger partial charge in [-0.05, 0) is 30.5 Å². The highest BCUT2D eigenvalue weighted by Gasteiger charge is 2.34. The van der Waals surface area contributed by atoms with Gasteiger partial charge < -0.3 is 4.90 Å². The summed E-state index contributed by atoms with van der Waals surface area (Å²) in [6, 6.07) is 4.38. The van der Waals surface area contributed by atoms with Crippen LogP contribution >= 0.6 is 27.5 Å². The Kier molecular flexibility index (Phi) is 4.28. The molecule has 2 rings (SSSR count). The second-order valence-electron chi connectivity index (χ2n) is 4.62. The number of likely N-dealkylation sites (tertiary alicyclic amines) is 1. The van der Waals surface area contributed by atoms with Gasteiger partial charge in [0.15, 0.2) is 0 Å². The largest absolute Gasteiger partial charge is 0.335 e. The van der Waals surface area contributed by atoms with Crippen molar-refractivity contribution in [2.75, 3.05) is 11.9 Å². The zero-order valence-corrected chi connectivity index (χ0v) is 12.3. The summed E-state index contributed by atoms with van der Waals surface area (Å²) in [6.07, 6.45) is 0.984. The monoisotopic (exact) mass is 333 g/mol. The lowest BCUT2D eigenvalue weighted by Crippen LogP contribution is -2.38. The number of carbonyl (C=O) groups is 1. The Morgan fingerprint density at radius 2 is 2.33 bits per heavy atom. The van der Waals surface area contributed by atoms with Gasteiger partial charge in [-0.15, -0.1) is 0 Å². The van der Waals surface area contributed by atoms with Crippen LogP contribution in [0.4, 0.5) is 4.39 Å². The van der Waals surface area contributed by atoms with Crippen molar-refractivity contribution in [1.82, 2.24) is 4.90 Å². The van der Waals surface area contributed by atoms with E-state index >= 15 is 0 Å². The zero-order chi connectivity index (χ0) is 13.3. The van der Waals surface area contributed by atoms with Crippen LogP contribution in [-0.2, 0) is 0 Å². The minimum Gasteiger partial charge on any atom is -0.335 e. The van der Waals surface area contributed by atoms with E-state index in [1.807, 2.05) is 4.90 Å². The van der Waals surface area contributed by atoms with Crippen molar-refractivity contribution in [2.24, 2.45) is 5.92 Å². The Morgan fingerprint density at radius 3 is 2.94 bits per heavy atom. The maximum atomic E-state index is 13.4. The highest BCUT2D eigenvalue weighted by atomic mass is 79.9. The second kappa shape index (κ2) is 5.57. The van der Waals surface area contributed by atoms with E-state index in [-0.39, 0.29) is 17.0 Å². The normalized spacial score (nSPS) is 23.4. The van der Waals surface area contributed by atoms with E-state index in [0.29, 0.717) is 11.5 Å². The first-order valence-corrected chi connectivity index (χ1v) is 7.36. The molecular formula is C13H14BrClFNO. The van der Waals surface area contributed by atoms with E-state index < -0.39 is 5.82 Å². The van der Waals surface area contributed by atoms with Crippen LogP contribution in [-0.4, -0.2) is 28.7 Å². The Labute approximate surface area is 119 Å². The molecule has 0 spiro atoms. The molecule has 1 aromatic carbocycles. The molecule has 1 aliphatic rings. The fourth-order valence-electron chi connectivity index (χ4n) is 2.29. The third-order valence-electron chi connectivity index (χ3n) is 3.47. The van der Waals surface area contributed by atoms with Crippen molar-refractivity contribution in [3.63, 3.8) is 0 Å². The molecule has 0 radical (unpaired) electrons. The first-order chi connectivity index (χ1) is 8.54. The minimum atomic E-state index is -0.551. The molecule has 18 heavy (non-hydrogen) atoms. The molecule has 2 atom stereocenters. The van der Waals surface area contributed by atoms with Crippen LogP contribution in [0.25, 0.3) is 0 Å². The highest BCUT2D eigenvalue weighted by molar-refractivity contribution is 9.09. The van der Waals surface area contributed by atoms with Crippen molar-refractivity contribution in [2.45, 2.75) is 19.4 Å². The third-order valence-corrected chi connectivity index (χ3v) is 4.44. The van der Waals surface area contributed by atoms with E-state index in [1.54, 1.807) is 6.07 Å². The van der Waals surface area contributed by atoms with Gasteiger partial charge in [0.25, 0.3) is 5.91 Å². The van der Waals surface area contributed by atoms with Crippen molar-refractivity contribution in [3.05, 3.63) is 34.6 Å². The number of carbonyl (C=O) groups excluding carboxylic acids is 1. The Hall–Kier alpha value is -0.610. The van der Waals surface area contributed by atoms with E-state index in [0.717, 1.165) is 18.3 Å². The molecule has 1 saturated heterocycles. The molecule has 1 fully saturated rings.